The molecule has 0 saturated carbocycles. The van der Waals surface area contributed by atoms with E-state index in [1.807, 2.05) is 0 Å². The minimum atomic E-state index is -0.896. The van der Waals surface area contributed by atoms with Crippen LogP contribution in [0.25, 0.3) is 0 Å². The maximum Gasteiger partial charge on any atom is 0.306 e. The van der Waals surface area contributed by atoms with Gasteiger partial charge in [0.1, 0.15) is 5.75 Å². The van der Waals surface area contributed by atoms with Crippen LogP contribution < -0.4 is 4.74 Å². The van der Waals surface area contributed by atoms with Crippen LogP contribution in [0.2, 0.25) is 0 Å². The molecule has 4 heteroatoms. The first-order valence-electron chi connectivity index (χ1n) is 5.09. The van der Waals surface area contributed by atoms with Gasteiger partial charge in [0.15, 0.2) is 0 Å². The summed E-state index contributed by atoms with van der Waals surface area (Å²) in [5.41, 5.74) is 0.703. The highest BCUT2D eigenvalue weighted by Crippen LogP contribution is 2.23. The number of benzene rings is 1. The largest absolute Gasteiger partial charge is 0.497 e. The first-order chi connectivity index (χ1) is 7.54. The van der Waals surface area contributed by atoms with Crippen LogP contribution in [0.4, 0.5) is 0 Å². The number of hydrogen-bond donors (Lipinski definition) is 2. The molecule has 0 bridgehead atoms. The second-order valence-corrected chi connectivity index (χ2v) is 3.76. The quantitative estimate of drug-likeness (QED) is 0.800. The zero-order valence-electron chi connectivity index (χ0n) is 9.38. The standard InChI is InChI=1S/C12H16O4/c1-8(12(14)15)7-11(13)9-3-5-10(16-2)6-4-9/h3-6,8,11,13H,7H2,1-2H3,(H,14,15). The summed E-state index contributed by atoms with van der Waals surface area (Å²) in [6.07, 6.45) is -0.543. The van der Waals surface area contributed by atoms with Crippen LogP contribution in [0.3, 0.4) is 0 Å². The van der Waals surface area contributed by atoms with Crippen LogP contribution in [-0.2, 0) is 4.79 Å². The lowest BCUT2D eigenvalue weighted by atomic mass is 9.98. The molecule has 88 valence electrons. The fourth-order valence-corrected chi connectivity index (χ4v) is 1.40. The van der Waals surface area contributed by atoms with Gasteiger partial charge < -0.3 is 14.9 Å². The molecule has 2 unspecified atom stereocenters. The first kappa shape index (κ1) is 12.5. The number of aliphatic carboxylic acids is 1. The van der Waals surface area contributed by atoms with Gasteiger partial charge in [-0.2, -0.15) is 0 Å². The average Bonchev–Trinajstić information content (AvgIpc) is 2.28. The number of methoxy groups -OCH3 is 1. The highest BCUT2D eigenvalue weighted by Gasteiger charge is 2.17. The second-order valence-electron chi connectivity index (χ2n) is 3.76. The predicted octanol–water partition coefficient (Wildman–Crippen LogP) is 1.84. The predicted molar refractivity (Wildman–Crippen MR) is 59.4 cm³/mol. The van der Waals surface area contributed by atoms with Gasteiger partial charge in [0.05, 0.1) is 19.1 Å². The van der Waals surface area contributed by atoms with E-state index in [-0.39, 0.29) is 6.42 Å². The lowest BCUT2D eigenvalue weighted by molar-refractivity contribution is -0.142. The number of rotatable bonds is 5. The minimum Gasteiger partial charge on any atom is -0.497 e. The van der Waals surface area contributed by atoms with Crippen LogP contribution in [0, 0.1) is 5.92 Å². The van der Waals surface area contributed by atoms with E-state index in [4.69, 9.17) is 9.84 Å². The Kier molecular flexibility index (Phi) is 4.31. The normalized spacial score (nSPS) is 14.2. The third-order valence-corrected chi connectivity index (χ3v) is 2.50. The molecule has 0 aliphatic carbocycles. The molecule has 0 fully saturated rings. The van der Waals surface area contributed by atoms with E-state index in [0.29, 0.717) is 11.3 Å². The number of carbonyl (C=O) groups is 1. The molecular formula is C12H16O4. The Hall–Kier alpha value is -1.55. The van der Waals surface area contributed by atoms with E-state index in [9.17, 15) is 9.90 Å². The molecule has 0 radical (unpaired) electrons. The Balaban J connectivity index is 2.65. The lowest BCUT2D eigenvalue weighted by Gasteiger charge is -2.13. The zero-order valence-corrected chi connectivity index (χ0v) is 9.38. The summed E-state index contributed by atoms with van der Waals surface area (Å²) < 4.78 is 4.99. The Morgan fingerprint density at radius 2 is 1.94 bits per heavy atom. The molecule has 1 rings (SSSR count). The molecule has 1 aromatic rings. The second kappa shape index (κ2) is 5.51. The van der Waals surface area contributed by atoms with Crippen molar-refractivity contribution in [3.8, 4) is 5.75 Å². The fourth-order valence-electron chi connectivity index (χ4n) is 1.40. The van der Waals surface area contributed by atoms with Gasteiger partial charge >= 0.3 is 5.97 Å². The SMILES string of the molecule is COc1ccc(C(O)CC(C)C(=O)O)cc1. The number of aliphatic hydroxyl groups is 1. The van der Waals surface area contributed by atoms with Gasteiger partial charge in [-0.25, -0.2) is 0 Å². The van der Waals surface area contributed by atoms with Crippen molar-refractivity contribution in [1.29, 1.82) is 0 Å². The van der Waals surface area contributed by atoms with Crippen molar-refractivity contribution >= 4 is 5.97 Å². The molecule has 1 aromatic carbocycles. The highest BCUT2D eigenvalue weighted by atomic mass is 16.5. The van der Waals surface area contributed by atoms with E-state index >= 15 is 0 Å². The van der Waals surface area contributed by atoms with Crippen molar-refractivity contribution in [3.05, 3.63) is 29.8 Å². The average molecular weight is 224 g/mol. The van der Waals surface area contributed by atoms with Crippen LogP contribution in [0.1, 0.15) is 25.0 Å². The summed E-state index contributed by atoms with van der Waals surface area (Å²) in [7, 11) is 1.57. The summed E-state index contributed by atoms with van der Waals surface area (Å²) in [4.78, 5) is 10.6. The van der Waals surface area contributed by atoms with Crippen LogP contribution >= 0.6 is 0 Å². The van der Waals surface area contributed by atoms with E-state index < -0.39 is 18.0 Å². The summed E-state index contributed by atoms with van der Waals surface area (Å²) in [5, 5.41) is 18.5. The third kappa shape index (κ3) is 3.24. The van der Waals surface area contributed by atoms with E-state index in [1.54, 1.807) is 38.3 Å². The Morgan fingerprint density at radius 3 is 2.38 bits per heavy atom. The van der Waals surface area contributed by atoms with Crippen molar-refractivity contribution in [1.82, 2.24) is 0 Å². The number of aliphatic hydroxyl groups excluding tert-OH is 1. The summed E-state index contributed by atoms with van der Waals surface area (Å²) >= 11 is 0. The van der Waals surface area contributed by atoms with Crippen LogP contribution in [0.15, 0.2) is 24.3 Å². The summed E-state index contributed by atoms with van der Waals surface area (Å²) in [6.45, 7) is 1.58. The maximum absolute atomic E-state index is 10.6. The zero-order chi connectivity index (χ0) is 12.1. The fraction of sp³-hybridized carbons (Fsp3) is 0.417. The number of carboxylic acids is 1. The molecule has 0 amide bonds. The van der Waals surface area contributed by atoms with Crippen LogP contribution in [0.5, 0.6) is 5.75 Å². The molecule has 2 atom stereocenters. The summed E-state index contributed by atoms with van der Waals surface area (Å²) in [6, 6.07) is 6.95. The molecule has 0 saturated heterocycles. The van der Waals surface area contributed by atoms with E-state index in [2.05, 4.69) is 0 Å². The van der Waals surface area contributed by atoms with Gasteiger partial charge in [-0.05, 0) is 24.1 Å². The number of carboxylic acid groups (broad SMARTS) is 1. The van der Waals surface area contributed by atoms with Gasteiger partial charge in [0.2, 0.25) is 0 Å². The molecular weight excluding hydrogens is 208 g/mol. The molecule has 0 heterocycles. The van der Waals surface area contributed by atoms with Gasteiger partial charge in [-0.1, -0.05) is 19.1 Å². The molecule has 0 spiro atoms. The summed E-state index contributed by atoms with van der Waals surface area (Å²) in [5.74, 6) is -0.744. The van der Waals surface area contributed by atoms with Crippen molar-refractivity contribution in [3.63, 3.8) is 0 Å². The third-order valence-electron chi connectivity index (χ3n) is 2.50. The molecule has 0 aliphatic heterocycles. The Labute approximate surface area is 94.5 Å². The monoisotopic (exact) mass is 224 g/mol. The molecule has 0 aliphatic rings. The molecule has 0 aromatic heterocycles. The van der Waals surface area contributed by atoms with Crippen molar-refractivity contribution in [2.75, 3.05) is 7.11 Å². The van der Waals surface area contributed by atoms with E-state index in [0.717, 1.165) is 0 Å². The van der Waals surface area contributed by atoms with E-state index in [1.165, 1.54) is 0 Å². The van der Waals surface area contributed by atoms with Crippen molar-refractivity contribution in [2.24, 2.45) is 5.92 Å². The number of ether oxygens (including phenoxy) is 1. The van der Waals surface area contributed by atoms with Crippen molar-refractivity contribution in [2.45, 2.75) is 19.4 Å². The topological polar surface area (TPSA) is 66.8 Å². The molecule has 4 nitrogen and oxygen atoms in total. The highest BCUT2D eigenvalue weighted by molar-refractivity contribution is 5.69. The van der Waals surface area contributed by atoms with Crippen LogP contribution in [-0.4, -0.2) is 23.3 Å². The van der Waals surface area contributed by atoms with Gasteiger partial charge in [-0.15, -0.1) is 0 Å². The minimum absolute atomic E-state index is 0.210. The first-order valence-corrected chi connectivity index (χ1v) is 5.09. The molecule has 16 heavy (non-hydrogen) atoms. The van der Waals surface area contributed by atoms with Gasteiger partial charge in [0, 0.05) is 0 Å². The van der Waals surface area contributed by atoms with Gasteiger partial charge in [-0.3, -0.25) is 4.79 Å². The van der Waals surface area contributed by atoms with Gasteiger partial charge in [0.25, 0.3) is 0 Å². The Morgan fingerprint density at radius 1 is 1.38 bits per heavy atom. The lowest BCUT2D eigenvalue weighted by Crippen LogP contribution is -2.13. The maximum atomic E-state index is 10.6. The number of hydrogen-bond acceptors (Lipinski definition) is 3. The molecule has 2 N–H and O–H groups in total. The Bertz CT molecular complexity index is 345. The smallest absolute Gasteiger partial charge is 0.306 e. The van der Waals surface area contributed by atoms with Crippen molar-refractivity contribution < 1.29 is 19.7 Å².